The van der Waals surface area contributed by atoms with E-state index in [0.29, 0.717) is 12.8 Å². The summed E-state index contributed by atoms with van der Waals surface area (Å²) in [5.74, 6) is 1.87. The Bertz CT molecular complexity index is 1020. The molecule has 0 aromatic heterocycles. The maximum Gasteiger partial charge on any atom is 0.119 e. The molecule has 0 saturated carbocycles. The number of para-hydroxylation sites is 1. The average molecular weight is 415 g/mol. The van der Waals surface area contributed by atoms with E-state index in [0.717, 1.165) is 37.6 Å². The SMILES string of the molecule is COc1ccc2c(c1)[C@@]1(C)CCN(CCOc3ccccc3)C1N2Cc1ccccc1. The first-order valence-electron chi connectivity index (χ1n) is 11.1. The average Bonchev–Trinajstić information content (AvgIpc) is 3.26. The molecule has 4 heteroatoms. The molecule has 0 radical (unpaired) electrons. The van der Waals surface area contributed by atoms with Gasteiger partial charge in [0.1, 0.15) is 18.1 Å². The highest BCUT2D eigenvalue weighted by molar-refractivity contribution is 5.66. The van der Waals surface area contributed by atoms with E-state index in [4.69, 9.17) is 9.47 Å². The summed E-state index contributed by atoms with van der Waals surface area (Å²) in [4.78, 5) is 5.18. The molecule has 0 spiro atoms. The number of rotatable bonds is 7. The van der Waals surface area contributed by atoms with E-state index in [1.54, 1.807) is 7.11 Å². The normalized spacial score (nSPS) is 22.3. The van der Waals surface area contributed by atoms with Gasteiger partial charge in [-0.3, -0.25) is 4.90 Å². The number of benzene rings is 3. The molecule has 0 amide bonds. The third-order valence-corrected chi connectivity index (χ3v) is 6.84. The molecule has 2 aliphatic rings. The molecular weight excluding hydrogens is 384 g/mol. The van der Waals surface area contributed by atoms with Crippen LogP contribution < -0.4 is 14.4 Å². The van der Waals surface area contributed by atoms with E-state index in [9.17, 15) is 0 Å². The van der Waals surface area contributed by atoms with Gasteiger partial charge in [-0.1, -0.05) is 55.5 Å². The Morgan fingerprint density at radius 3 is 2.42 bits per heavy atom. The summed E-state index contributed by atoms with van der Waals surface area (Å²) in [6.45, 7) is 5.98. The summed E-state index contributed by atoms with van der Waals surface area (Å²) in [6.07, 6.45) is 1.45. The number of fused-ring (bicyclic) bond motifs is 3. The Morgan fingerprint density at radius 1 is 0.935 bits per heavy atom. The minimum Gasteiger partial charge on any atom is -0.497 e. The maximum atomic E-state index is 6.04. The molecular formula is C27H30N2O2. The van der Waals surface area contributed by atoms with Crippen molar-refractivity contribution >= 4 is 5.69 Å². The Balaban J connectivity index is 1.42. The summed E-state index contributed by atoms with van der Waals surface area (Å²) in [7, 11) is 1.75. The molecule has 0 bridgehead atoms. The lowest BCUT2D eigenvalue weighted by Crippen LogP contribution is -2.49. The molecule has 0 N–H and O–H groups in total. The van der Waals surface area contributed by atoms with Crippen LogP contribution >= 0.6 is 0 Å². The van der Waals surface area contributed by atoms with Crippen LogP contribution in [0.25, 0.3) is 0 Å². The highest BCUT2D eigenvalue weighted by Crippen LogP contribution is 2.53. The van der Waals surface area contributed by atoms with Crippen LogP contribution in [0, 0.1) is 0 Å². The number of anilines is 1. The van der Waals surface area contributed by atoms with Gasteiger partial charge in [0.25, 0.3) is 0 Å². The maximum absolute atomic E-state index is 6.04. The quantitative estimate of drug-likeness (QED) is 0.538. The van der Waals surface area contributed by atoms with E-state index in [1.165, 1.54) is 16.8 Å². The van der Waals surface area contributed by atoms with E-state index in [1.807, 2.05) is 30.3 Å². The Labute approximate surface area is 185 Å². The molecule has 160 valence electrons. The van der Waals surface area contributed by atoms with Gasteiger partial charge in [-0.15, -0.1) is 0 Å². The minimum atomic E-state index is 0.0748. The third-order valence-electron chi connectivity index (χ3n) is 6.84. The summed E-state index contributed by atoms with van der Waals surface area (Å²) >= 11 is 0. The topological polar surface area (TPSA) is 24.9 Å². The van der Waals surface area contributed by atoms with Gasteiger partial charge in [0.15, 0.2) is 0 Å². The molecule has 0 aliphatic carbocycles. The van der Waals surface area contributed by atoms with Gasteiger partial charge in [-0.05, 0) is 47.9 Å². The van der Waals surface area contributed by atoms with Crippen molar-refractivity contribution in [2.24, 2.45) is 0 Å². The number of nitrogens with zero attached hydrogens (tertiary/aromatic N) is 2. The molecule has 4 nitrogen and oxygen atoms in total. The fourth-order valence-electron chi connectivity index (χ4n) is 5.31. The second-order valence-corrected chi connectivity index (χ2v) is 8.74. The van der Waals surface area contributed by atoms with Gasteiger partial charge in [0.2, 0.25) is 0 Å². The van der Waals surface area contributed by atoms with Crippen LogP contribution in [0.4, 0.5) is 5.69 Å². The van der Waals surface area contributed by atoms with E-state index in [-0.39, 0.29) is 5.41 Å². The fourth-order valence-corrected chi connectivity index (χ4v) is 5.31. The largest absolute Gasteiger partial charge is 0.497 e. The summed E-state index contributed by atoms with van der Waals surface area (Å²) in [6, 6.07) is 27.4. The van der Waals surface area contributed by atoms with Gasteiger partial charge in [-0.2, -0.15) is 0 Å². The molecule has 1 fully saturated rings. The fraction of sp³-hybridized carbons (Fsp3) is 0.333. The summed E-state index contributed by atoms with van der Waals surface area (Å²) in [5.41, 5.74) is 4.14. The molecule has 31 heavy (non-hydrogen) atoms. The van der Waals surface area contributed by atoms with Crippen molar-refractivity contribution in [1.29, 1.82) is 0 Å². The standard InChI is InChI=1S/C27H30N2O2/c1-27-15-16-28(17-18-31-22-11-7-4-8-12-22)26(27)29(20-21-9-5-3-6-10-21)25-14-13-23(30-2)19-24(25)27/h3-14,19,26H,15-18,20H2,1-2H3/t26?,27-/m1/s1. The van der Waals surface area contributed by atoms with Gasteiger partial charge in [-0.25, -0.2) is 0 Å². The van der Waals surface area contributed by atoms with Gasteiger partial charge in [0.05, 0.1) is 13.3 Å². The van der Waals surface area contributed by atoms with Crippen molar-refractivity contribution in [2.45, 2.75) is 31.5 Å². The van der Waals surface area contributed by atoms with Crippen LogP contribution in [0.5, 0.6) is 11.5 Å². The number of hydrogen-bond acceptors (Lipinski definition) is 4. The zero-order valence-electron chi connectivity index (χ0n) is 18.3. The van der Waals surface area contributed by atoms with Gasteiger partial charge >= 0.3 is 0 Å². The van der Waals surface area contributed by atoms with Crippen LogP contribution in [0.1, 0.15) is 24.5 Å². The summed E-state index contributed by atoms with van der Waals surface area (Å²) in [5, 5.41) is 0. The Morgan fingerprint density at radius 2 is 1.68 bits per heavy atom. The van der Waals surface area contributed by atoms with E-state index < -0.39 is 0 Å². The smallest absolute Gasteiger partial charge is 0.119 e. The highest BCUT2D eigenvalue weighted by atomic mass is 16.5. The van der Waals surface area contributed by atoms with E-state index >= 15 is 0 Å². The zero-order valence-corrected chi connectivity index (χ0v) is 18.3. The number of ether oxygens (including phenoxy) is 2. The first-order valence-corrected chi connectivity index (χ1v) is 11.1. The van der Waals surface area contributed by atoms with Crippen LogP contribution in [0.3, 0.4) is 0 Å². The predicted octanol–water partition coefficient (Wildman–Crippen LogP) is 5.08. The molecule has 2 heterocycles. The molecule has 2 aliphatic heterocycles. The number of likely N-dealkylation sites (tertiary alicyclic amines) is 1. The van der Waals surface area contributed by atoms with Crippen molar-refractivity contribution in [2.75, 3.05) is 31.7 Å². The van der Waals surface area contributed by atoms with Crippen molar-refractivity contribution in [3.8, 4) is 11.5 Å². The molecule has 1 saturated heterocycles. The second kappa shape index (κ2) is 8.27. The lowest BCUT2D eigenvalue weighted by Gasteiger charge is -2.37. The molecule has 5 rings (SSSR count). The molecule has 1 unspecified atom stereocenters. The van der Waals surface area contributed by atoms with Crippen molar-refractivity contribution in [3.05, 3.63) is 90.0 Å². The van der Waals surface area contributed by atoms with Gasteiger partial charge < -0.3 is 14.4 Å². The summed E-state index contributed by atoms with van der Waals surface area (Å²) < 4.78 is 11.6. The monoisotopic (exact) mass is 414 g/mol. The van der Waals surface area contributed by atoms with E-state index in [2.05, 4.69) is 65.3 Å². The van der Waals surface area contributed by atoms with Crippen LogP contribution in [0.15, 0.2) is 78.9 Å². The van der Waals surface area contributed by atoms with Crippen LogP contribution in [0.2, 0.25) is 0 Å². The zero-order chi connectivity index (χ0) is 21.3. The lowest BCUT2D eigenvalue weighted by atomic mass is 9.81. The first kappa shape index (κ1) is 20.0. The van der Waals surface area contributed by atoms with Crippen LogP contribution in [-0.4, -0.2) is 37.9 Å². The Hall–Kier alpha value is -2.98. The van der Waals surface area contributed by atoms with Gasteiger partial charge in [0, 0.05) is 30.7 Å². The van der Waals surface area contributed by atoms with Crippen molar-refractivity contribution < 1.29 is 9.47 Å². The van der Waals surface area contributed by atoms with Crippen molar-refractivity contribution in [3.63, 3.8) is 0 Å². The Kier molecular flexibility index (Phi) is 5.33. The van der Waals surface area contributed by atoms with Crippen molar-refractivity contribution in [1.82, 2.24) is 4.90 Å². The number of methoxy groups -OCH3 is 1. The highest BCUT2D eigenvalue weighted by Gasteiger charge is 2.54. The lowest BCUT2D eigenvalue weighted by molar-refractivity contribution is 0.176. The third kappa shape index (κ3) is 3.66. The minimum absolute atomic E-state index is 0.0748. The van der Waals surface area contributed by atoms with Crippen LogP contribution in [-0.2, 0) is 12.0 Å². The molecule has 2 atom stereocenters. The predicted molar refractivity (Wildman–Crippen MR) is 125 cm³/mol. The molecule has 3 aromatic carbocycles. The number of hydrogen-bond donors (Lipinski definition) is 0. The molecule has 3 aromatic rings. The second-order valence-electron chi connectivity index (χ2n) is 8.74. The first-order chi connectivity index (χ1) is 15.2.